The van der Waals surface area contributed by atoms with E-state index >= 15 is 0 Å². The minimum Gasteiger partial charge on any atom is -0.381 e. The lowest BCUT2D eigenvalue weighted by molar-refractivity contribution is 0.0407. The van der Waals surface area contributed by atoms with E-state index in [1.165, 1.54) is 25.7 Å². The number of hydrogen-bond acceptors (Lipinski definition) is 3. The van der Waals surface area contributed by atoms with Gasteiger partial charge in [0.15, 0.2) is 0 Å². The minimum absolute atomic E-state index is 0.0360. The molecule has 0 saturated heterocycles. The van der Waals surface area contributed by atoms with Crippen LogP contribution >= 0.6 is 0 Å². The molecule has 19 heavy (non-hydrogen) atoms. The molecule has 0 amide bonds. The molecule has 0 unspecified atom stereocenters. The zero-order valence-electron chi connectivity index (χ0n) is 12.8. The van der Waals surface area contributed by atoms with Crippen molar-refractivity contribution in [3.8, 4) is 0 Å². The first-order valence-electron chi connectivity index (χ1n) is 7.72. The van der Waals surface area contributed by atoms with Gasteiger partial charge in [0.2, 0.25) is 0 Å². The van der Waals surface area contributed by atoms with Crippen molar-refractivity contribution in [1.82, 2.24) is 0 Å². The SMILES string of the molecule is C=CCCCCCCCOCC(CC)(CC)CN=O. The fourth-order valence-electron chi connectivity index (χ4n) is 2.17. The maximum absolute atomic E-state index is 10.5. The van der Waals surface area contributed by atoms with Crippen molar-refractivity contribution in [3.05, 3.63) is 17.6 Å². The summed E-state index contributed by atoms with van der Waals surface area (Å²) in [5.74, 6) is 0. The van der Waals surface area contributed by atoms with Crippen LogP contribution in [0, 0.1) is 10.3 Å². The third-order valence-electron chi connectivity index (χ3n) is 4.01. The number of hydrogen-bond donors (Lipinski definition) is 0. The van der Waals surface area contributed by atoms with Crippen molar-refractivity contribution < 1.29 is 4.74 Å². The standard InChI is InChI=1S/C16H31NO2/c1-4-7-8-9-10-11-12-13-19-15-16(5-2,6-3)14-17-18/h4H,1,5-15H2,2-3H3. The third kappa shape index (κ3) is 8.93. The molecule has 0 aromatic carbocycles. The van der Waals surface area contributed by atoms with Gasteiger partial charge in [0.1, 0.15) is 0 Å². The van der Waals surface area contributed by atoms with Gasteiger partial charge in [-0.2, -0.15) is 4.91 Å². The van der Waals surface area contributed by atoms with E-state index in [9.17, 15) is 4.91 Å². The molecule has 0 aromatic heterocycles. The second-order valence-corrected chi connectivity index (χ2v) is 5.39. The van der Waals surface area contributed by atoms with Gasteiger partial charge in [-0.05, 0) is 32.1 Å². The molecule has 3 heteroatoms. The topological polar surface area (TPSA) is 38.7 Å². The van der Waals surface area contributed by atoms with Gasteiger partial charge in [0.25, 0.3) is 0 Å². The second kappa shape index (κ2) is 12.3. The highest BCUT2D eigenvalue weighted by Gasteiger charge is 2.26. The maximum Gasteiger partial charge on any atom is 0.0889 e. The quantitative estimate of drug-likeness (QED) is 0.250. The highest BCUT2D eigenvalue weighted by molar-refractivity contribution is 4.78. The van der Waals surface area contributed by atoms with E-state index < -0.39 is 0 Å². The second-order valence-electron chi connectivity index (χ2n) is 5.39. The predicted molar refractivity (Wildman–Crippen MR) is 82.4 cm³/mol. The molecule has 0 radical (unpaired) electrons. The molecule has 0 N–H and O–H groups in total. The van der Waals surface area contributed by atoms with Gasteiger partial charge in [-0.15, -0.1) is 6.58 Å². The van der Waals surface area contributed by atoms with Crippen molar-refractivity contribution in [2.24, 2.45) is 10.6 Å². The van der Waals surface area contributed by atoms with E-state index in [2.05, 4.69) is 25.6 Å². The summed E-state index contributed by atoms with van der Waals surface area (Å²) >= 11 is 0. The molecule has 0 rings (SSSR count). The van der Waals surface area contributed by atoms with Crippen molar-refractivity contribution in [2.75, 3.05) is 19.8 Å². The number of nitroso groups, excluding NO2 is 1. The average molecular weight is 269 g/mol. The van der Waals surface area contributed by atoms with Crippen molar-refractivity contribution in [3.63, 3.8) is 0 Å². The Hall–Kier alpha value is -0.700. The number of rotatable bonds is 14. The summed E-state index contributed by atoms with van der Waals surface area (Å²) in [5.41, 5.74) is -0.0360. The van der Waals surface area contributed by atoms with E-state index in [1.54, 1.807) is 0 Å². The molecule has 0 atom stereocenters. The van der Waals surface area contributed by atoms with E-state index in [0.717, 1.165) is 32.3 Å². The number of allylic oxidation sites excluding steroid dienone is 1. The maximum atomic E-state index is 10.5. The molecule has 0 spiro atoms. The van der Waals surface area contributed by atoms with Gasteiger partial charge >= 0.3 is 0 Å². The molecule has 0 bridgehead atoms. The highest BCUT2D eigenvalue weighted by atomic mass is 16.5. The monoisotopic (exact) mass is 269 g/mol. The van der Waals surface area contributed by atoms with Crippen LogP contribution in [0.1, 0.15) is 65.2 Å². The number of unbranched alkanes of at least 4 members (excludes halogenated alkanes) is 5. The molecule has 0 aromatic rings. The van der Waals surface area contributed by atoms with Crippen LogP contribution in [-0.4, -0.2) is 19.8 Å². The van der Waals surface area contributed by atoms with Crippen LogP contribution < -0.4 is 0 Å². The molecule has 0 aliphatic heterocycles. The van der Waals surface area contributed by atoms with Crippen molar-refractivity contribution in [2.45, 2.75) is 65.2 Å². The minimum atomic E-state index is -0.0360. The van der Waals surface area contributed by atoms with E-state index in [1.807, 2.05) is 6.08 Å². The Morgan fingerprint density at radius 3 is 2.32 bits per heavy atom. The summed E-state index contributed by atoms with van der Waals surface area (Å²) in [6.07, 6.45) is 11.2. The molecule has 0 heterocycles. The molecule has 0 aliphatic rings. The summed E-state index contributed by atoms with van der Waals surface area (Å²) < 4.78 is 5.75. The molecular formula is C16H31NO2. The smallest absolute Gasteiger partial charge is 0.0889 e. The van der Waals surface area contributed by atoms with Crippen LogP contribution in [0.4, 0.5) is 0 Å². The molecule has 3 nitrogen and oxygen atoms in total. The van der Waals surface area contributed by atoms with E-state index in [-0.39, 0.29) is 5.41 Å². The molecule has 0 fully saturated rings. The first-order chi connectivity index (χ1) is 9.24. The molecular weight excluding hydrogens is 238 g/mol. The van der Waals surface area contributed by atoms with Gasteiger partial charge in [0, 0.05) is 12.0 Å². The van der Waals surface area contributed by atoms with Crippen LogP contribution in [0.25, 0.3) is 0 Å². The van der Waals surface area contributed by atoms with Gasteiger partial charge < -0.3 is 4.74 Å². The molecule has 0 aliphatic carbocycles. The summed E-state index contributed by atoms with van der Waals surface area (Å²) in [5, 5.41) is 3.07. The van der Waals surface area contributed by atoms with Crippen LogP contribution in [0.3, 0.4) is 0 Å². The molecule has 112 valence electrons. The van der Waals surface area contributed by atoms with Gasteiger partial charge in [-0.1, -0.05) is 44.4 Å². The zero-order chi connectivity index (χ0) is 14.4. The summed E-state index contributed by atoms with van der Waals surface area (Å²) in [6.45, 7) is 9.79. The van der Waals surface area contributed by atoms with E-state index in [0.29, 0.717) is 13.2 Å². The molecule has 0 saturated carbocycles. The predicted octanol–water partition coefficient (Wildman–Crippen LogP) is 5.10. The first kappa shape index (κ1) is 18.3. The first-order valence-corrected chi connectivity index (χ1v) is 7.72. The van der Waals surface area contributed by atoms with Gasteiger partial charge in [-0.3, -0.25) is 0 Å². The summed E-state index contributed by atoms with van der Waals surface area (Å²) in [6, 6.07) is 0. The van der Waals surface area contributed by atoms with E-state index in [4.69, 9.17) is 4.74 Å². The summed E-state index contributed by atoms with van der Waals surface area (Å²) in [7, 11) is 0. The number of ether oxygens (including phenoxy) is 1. The fraction of sp³-hybridized carbons (Fsp3) is 0.875. The lowest BCUT2D eigenvalue weighted by atomic mass is 9.83. The third-order valence-corrected chi connectivity index (χ3v) is 4.01. The zero-order valence-corrected chi connectivity index (χ0v) is 12.8. The lowest BCUT2D eigenvalue weighted by Gasteiger charge is -2.28. The van der Waals surface area contributed by atoms with Crippen molar-refractivity contribution in [1.29, 1.82) is 0 Å². The Kier molecular flexibility index (Phi) is 11.9. The summed E-state index contributed by atoms with van der Waals surface area (Å²) in [4.78, 5) is 10.5. The lowest BCUT2D eigenvalue weighted by Crippen LogP contribution is -2.29. The Labute approximate surface area is 118 Å². The Balaban J connectivity index is 3.55. The van der Waals surface area contributed by atoms with Gasteiger partial charge in [-0.25, -0.2) is 0 Å². The van der Waals surface area contributed by atoms with Gasteiger partial charge in [0.05, 0.1) is 13.2 Å². The fourth-order valence-corrected chi connectivity index (χ4v) is 2.17. The number of nitrogens with zero attached hydrogens (tertiary/aromatic N) is 1. The normalized spacial score (nSPS) is 11.5. The van der Waals surface area contributed by atoms with Crippen LogP contribution in [-0.2, 0) is 4.74 Å². The Morgan fingerprint density at radius 1 is 1.11 bits per heavy atom. The van der Waals surface area contributed by atoms with Crippen LogP contribution in [0.5, 0.6) is 0 Å². The largest absolute Gasteiger partial charge is 0.381 e. The highest BCUT2D eigenvalue weighted by Crippen LogP contribution is 2.27. The van der Waals surface area contributed by atoms with Crippen LogP contribution in [0.15, 0.2) is 17.8 Å². The van der Waals surface area contributed by atoms with Crippen LogP contribution in [0.2, 0.25) is 0 Å². The Bertz CT molecular complexity index is 225. The Morgan fingerprint density at radius 2 is 1.74 bits per heavy atom. The average Bonchev–Trinajstić information content (AvgIpc) is 2.44. The van der Waals surface area contributed by atoms with Crippen molar-refractivity contribution >= 4 is 0 Å².